The van der Waals surface area contributed by atoms with E-state index in [9.17, 15) is 14.4 Å². The van der Waals surface area contributed by atoms with Crippen molar-refractivity contribution in [2.24, 2.45) is 5.92 Å². The molecule has 3 heterocycles. The Morgan fingerprint density at radius 2 is 1.77 bits per heavy atom. The Morgan fingerprint density at radius 1 is 1.04 bits per heavy atom. The highest BCUT2D eigenvalue weighted by Gasteiger charge is 2.39. The minimum Gasteiger partial charge on any atom is -0.309 e. The van der Waals surface area contributed by atoms with Crippen LogP contribution in [-0.2, 0) is 11.3 Å². The van der Waals surface area contributed by atoms with Crippen molar-refractivity contribution in [2.75, 3.05) is 13.1 Å². The Labute approximate surface area is 150 Å². The fraction of sp³-hybridized carbons (Fsp3) is 0.316. The van der Waals surface area contributed by atoms with Crippen molar-refractivity contribution in [3.63, 3.8) is 0 Å². The van der Waals surface area contributed by atoms with Gasteiger partial charge in [-0.25, -0.2) is 9.59 Å². The first-order valence-corrected chi connectivity index (χ1v) is 8.70. The molecule has 1 saturated heterocycles. The molecule has 0 spiro atoms. The third kappa shape index (κ3) is 2.96. The molecular formula is C19H19N3O4. The van der Waals surface area contributed by atoms with Crippen LogP contribution < -0.4 is 0 Å². The zero-order valence-electron chi connectivity index (χ0n) is 14.2. The molecule has 26 heavy (non-hydrogen) atoms. The maximum absolute atomic E-state index is 12.3. The summed E-state index contributed by atoms with van der Waals surface area (Å²) in [6.45, 7) is 1.11. The van der Waals surface area contributed by atoms with Crippen molar-refractivity contribution in [3.8, 4) is 0 Å². The molecule has 134 valence electrons. The van der Waals surface area contributed by atoms with E-state index in [1.54, 1.807) is 11.0 Å². The number of hydrogen-bond acceptors (Lipinski definition) is 4. The molecule has 2 aliphatic heterocycles. The number of piperidine rings is 1. The monoisotopic (exact) mass is 353 g/mol. The number of carbonyl (C=O) groups excluding carboxylic acids is 3. The van der Waals surface area contributed by atoms with Gasteiger partial charge >= 0.3 is 18.0 Å². The molecule has 7 nitrogen and oxygen atoms in total. The third-order valence-electron chi connectivity index (χ3n) is 4.94. The van der Waals surface area contributed by atoms with Gasteiger partial charge in [0.05, 0.1) is 0 Å². The van der Waals surface area contributed by atoms with Crippen LogP contribution in [0.15, 0.2) is 48.7 Å². The van der Waals surface area contributed by atoms with Gasteiger partial charge in [-0.05, 0) is 42.9 Å². The quantitative estimate of drug-likeness (QED) is 0.851. The molecule has 0 radical (unpaired) electrons. The molecule has 0 unspecified atom stereocenters. The molecule has 0 bridgehead atoms. The lowest BCUT2D eigenvalue weighted by molar-refractivity contribution is -0.0488. The molecule has 3 amide bonds. The number of nitrogens with zero attached hydrogens (tertiary/aromatic N) is 3. The molecule has 0 atom stereocenters. The number of likely N-dealkylation sites (tertiary alicyclic amines) is 1. The number of carbonyl (C=O) groups is 3. The molecular weight excluding hydrogens is 334 g/mol. The predicted molar refractivity (Wildman–Crippen MR) is 92.3 cm³/mol. The first-order valence-electron chi connectivity index (χ1n) is 8.70. The second kappa shape index (κ2) is 6.67. The number of hydrogen-bond donors (Lipinski definition) is 0. The first kappa shape index (κ1) is 16.4. The average Bonchev–Trinajstić information content (AvgIpc) is 3.23. The van der Waals surface area contributed by atoms with E-state index >= 15 is 0 Å². The number of aromatic nitrogens is 1. The topological polar surface area (TPSA) is 71.8 Å². The van der Waals surface area contributed by atoms with Crippen molar-refractivity contribution < 1.29 is 19.2 Å². The van der Waals surface area contributed by atoms with Crippen LogP contribution in [0, 0.1) is 5.92 Å². The van der Waals surface area contributed by atoms with E-state index in [-0.39, 0.29) is 5.69 Å². The van der Waals surface area contributed by atoms with Crippen molar-refractivity contribution in [2.45, 2.75) is 19.3 Å². The Morgan fingerprint density at radius 3 is 2.46 bits per heavy atom. The molecule has 1 fully saturated rings. The normalized spacial score (nSPS) is 17.5. The summed E-state index contributed by atoms with van der Waals surface area (Å²) in [5.74, 6) is -0.107. The minimum absolute atomic E-state index is 0.198. The minimum atomic E-state index is -0.665. The Hall–Kier alpha value is -3.09. The molecule has 4 rings (SSSR count). The summed E-state index contributed by atoms with van der Waals surface area (Å²) in [4.78, 5) is 43.2. The van der Waals surface area contributed by atoms with Gasteiger partial charge < -0.3 is 9.74 Å². The van der Waals surface area contributed by atoms with Gasteiger partial charge in [-0.2, -0.15) is 0 Å². The average molecular weight is 353 g/mol. The number of hydroxylamine groups is 2. The standard InChI is InChI=1S/C19H19N3O4/c23-17-16-7-4-10-21(16)18(24)22(17)26-19(25)20-11-8-15(9-12-20)13-14-5-2-1-3-6-14/h1-7,10,15H,8-9,11-13H2. The largest absolute Gasteiger partial charge is 0.434 e. The van der Waals surface area contributed by atoms with Gasteiger partial charge in [0, 0.05) is 19.3 Å². The van der Waals surface area contributed by atoms with Gasteiger partial charge in [-0.15, -0.1) is 0 Å². The van der Waals surface area contributed by atoms with E-state index in [4.69, 9.17) is 4.84 Å². The third-order valence-corrected chi connectivity index (χ3v) is 4.94. The fourth-order valence-electron chi connectivity index (χ4n) is 3.49. The molecule has 0 N–H and O–H groups in total. The Balaban J connectivity index is 1.31. The Bertz CT molecular complexity index is 807. The van der Waals surface area contributed by atoms with Crippen molar-refractivity contribution in [3.05, 3.63) is 59.9 Å². The van der Waals surface area contributed by atoms with Crippen LogP contribution in [0.2, 0.25) is 0 Å². The highest BCUT2D eigenvalue weighted by atomic mass is 16.7. The molecule has 0 aliphatic carbocycles. The van der Waals surface area contributed by atoms with Crippen molar-refractivity contribution in [1.29, 1.82) is 0 Å². The van der Waals surface area contributed by atoms with E-state index in [0.717, 1.165) is 19.3 Å². The van der Waals surface area contributed by atoms with Crippen molar-refractivity contribution in [1.82, 2.24) is 14.5 Å². The van der Waals surface area contributed by atoms with Gasteiger partial charge in [0.15, 0.2) is 0 Å². The first-order chi connectivity index (χ1) is 12.6. The van der Waals surface area contributed by atoms with Gasteiger partial charge in [0.25, 0.3) is 0 Å². The van der Waals surface area contributed by atoms with Gasteiger partial charge in [0.1, 0.15) is 5.69 Å². The fourth-order valence-corrected chi connectivity index (χ4v) is 3.49. The summed E-state index contributed by atoms with van der Waals surface area (Å²) in [6, 6.07) is 12.7. The van der Waals surface area contributed by atoms with Crippen LogP contribution >= 0.6 is 0 Å². The van der Waals surface area contributed by atoms with E-state index in [1.807, 2.05) is 18.2 Å². The van der Waals surface area contributed by atoms with Gasteiger partial charge in [0.2, 0.25) is 0 Å². The van der Waals surface area contributed by atoms with Gasteiger partial charge in [-0.1, -0.05) is 35.4 Å². The van der Waals surface area contributed by atoms with Crippen LogP contribution in [0.1, 0.15) is 28.9 Å². The smallest absolute Gasteiger partial charge is 0.309 e. The van der Waals surface area contributed by atoms with Crippen molar-refractivity contribution >= 4 is 18.0 Å². The summed E-state index contributed by atoms with van der Waals surface area (Å²) >= 11 is 0. The van der Waals surface area contributed by atoms with E-state index in [2.05, 4.69) is 12.1 Å². The van der Waals surface area contributed by atoms with E-state index < -0.39 is 18.0 Å². The number of amides is 3. The zero-order chi connectivity index (χ0) is 18.1. The molecule has 0 saturated carbocycles. The molecule has 7 heteroatoms. The molecule has 2 aromatic rings. The summed E-state index contributed by atoms with van der Waals surface area (Å²) in [5, 5.41) is 0.535. The number of rotatable bonds is 3. The lowest BCUT2D eigenvalue weighted by Crippen LogP contribution is -2.44. The summed E-state index contributed by atoms with van der Waals surface area (Å²) in [7, 11) is 0. The Kier molecular flexibility index (Phi) is 4.20. The number of imide groups is 1. The predicted octanol–water partition coefficient (Wildman–Crippen LogP) is 2.92. The van der Waals surface area contributed by atoms with Crippen LogP contribution in [0.3, 0.4) is 0 Å². The second-order valence-electron chi connectivity index (χ2n) is 6.62. The maximum atomic E-state index is 12.3. The summed E-state index contributed by atoms with van der Waals surface area (Å²) in [6.07, 6.45) is 3.54. The lowest BCUT2D eigenvalue weighted by atomic mass is 9.90. The maximum Gasteiger partial charge on any atom is 0.434 e. The zero-order valence-corrected chi connectivity index (χ0v) is 14.2. The van der Waals surface area contributed by atoms with Crippen LogP contribution in [0.25, 0.3) is 0 Å². The van der Waals surface area contributed by atoms with Crippen LogP contribution in [-0.4, -0.2) is 45.7 Å². The van der Waals surface area contributed by atoms with E-state index in [1.165, 1.54) is 22.4 Å². The molecule has 1 aromatic carbocycles. The van der Waals surface area contributed by atoms with Crippen LogP contribution in [0.5, 0.6) is 0 Å². The summed E-state index contributed by atoms with van der Waals surface area (Å²) < 4.78 is 1.17. The molecule has 1 aromatic heterocycles. The SMILES string of the molecule is O=C(ON1C(=O)c2cccn2C1=O)N1CCC(Cc2ccccc2)CC1. The van der Waals surface area contributed by atoms with Gasteiger partial charge in [-0.3, -0.25) is 9.36 Å². The second-order valence-corrected chi connectivity index (χ2v) is 6.62. The van der Waals surface area contributed by atoms with E-state index in [0.29, 0.717) is 24.1 Å². The number of benzene rings is 1. The summed E-state index contributed by atoms with van der Waals surface area (Å²) in [5.41, 5.74) is 1.49. The molecule has 2 aliphatic rings. The van der Waals surface area contributed by atoms with Crippen LogP contribution in [0.4, 0.5) is 9.59 Å². The lowest BCUT2D eigenvalue weighted by Gasteiger charge is -2.31. The highest BCUT2D eigenvalue weighted by Crippen LogP contribution is 2.23. The number of fused-ring (bicyclic) bond motifs is 1. The highest BCUT2D eigenvalue weighted by molar-refractivity contribution is 6.10.